The maximum Gasteiger partial charge on any atom is 0.361 e. The van der Waals surface area contributed by atoms with Gasteiger partial charge in [0.15, 0.2) is 18.2 Å². The smallest absolute Gasteiger partial charge is 0.361 e. The van der Waals surface area contributed by atoms with Crippen molar-refractivity contribution in [1.29, 1.82) is 0 Å². The van der Waals surface area contributed by atoms with Gasteiger partial charge in [0.1, 0.15) is 6.54 Å². The fraction of sp³-hybridized carbons (Fsp3) is 0.636. The zero-order chi connectivity index (χ0) is 20.2. The number of nitrogens with zero attached hydrogens (tertiary/aromatic N) is 1. The second-order valence-corrected chi connectivity index (χ2v) is 8.42. The summed E-state index contributed by atoms with van der Waals surface area (Å²) in [6, 6.07) is 9.15. The Balaban J connectivity index is 0.00000300. The molecule has 162 valence electrons. The van der Waals surface area contributed by atoms with Gasteiger partial charge in [0.2, 0.25) is 0 Å². The van der Waals surface area contributed by atoms with Crippen LogP contribution in [-0.2, 0) is 24.7 Å². The third-order valence-corrected chi connectivity index (χ3v) is 6.20. The summed E-state index contributed by atoms with van der Waals surface area (Å²) >= 11 is 0. The van der Waals surface area contributed by atoms with Gasteiger partial charge in [0.05, 0.1) is 20.2 Å². The Bertz CT molecular complexity index is 694. The normalized spacial score (nSPS) is 26.4. The summed E-state index contributed by atoms with van der Waals surface area (Å²) in [6.07, 6.45) is 4.06. The van der Waals surface area contributed by atoms with Gasteiger partial charge in [-0.25, -0.2) is 9.59 Å². The molecule has 2 aliphatic rings. The van der Waals surface area contributed by atoms with Crippen LogP contribution in [0.25, 0.3) is 0 Å². The van der Waals surface area contributed by atoms with E-state index in [0.29, 0.717) is 29.6 Å². The maximum absolute atomic E-state index is 13.2. The summed E-state index contributed by atoms with van der Waals surface area (Å²) in [5, 5.41) is 11.5. The fourth-order valence-electron chi connectivity index (χ4n) is 4.69. The summed E-state index contributed by atoms with van der Waals surface area (Å²) in [4.78, 5) is 25.0. The second-order valence-electron chi connectivity index (χ2n) is 8.42. The number of likely N-dealkylation sites (tertiary alicyclic amines) is 1. The van der Waals surface area contributed by atoms with Crippen LogP contribution in [0.1, 0.15) is 44.6 Å². The molecule has 1 aromatic rings. The lowest BCUT2D eigenvalue weighted by Crippen LogP contribution is -3.00. The zero-order valence-electron chi connectivity index (χ0n) is 17.3. The molecular weight excluding hydrogens is 438 g/mol. The SMILES string of the molecule is CCOC(=O)C[N+]1(C)CC[C@@H](OC(=O)C(O)(c2ccccc2)C2CCCC2)C1.[Br-]. The van der Waals surface area contributed by atoms with Gasteiger partial charge in [-0.2, -0.15) is 0 Å². The van der Waals surface area contributed by atoms with Crippen molar-refractivity contribution in [3.05, 3.63) is 35.9 Å². The van der Waals surface area contributed by atoms with E-state index >= 15 is 0 Å². The van der Waals surface area contributed by atoms with E-state index in [-0.39, 0.29) is 41.5 Å². The molecule has 0 aromatic heterocycles. The van der Waals surface area contributed by atoms with E-state index in [2.05, 4.69) is 0 Å². The van der Waals surface area contributed by atoms with Crippen molar-refractivity contribution in [2.24, 2.45) is 5.92 Å². The molecule has 6 nitrogen and oxygen atoms in total. The van der Waals surface area contributed by atoms with Gasteiger partial charge in [-0.1, -0.05) is 43.2 Å². The number of benzene rings is 1. The van der Waals surface area contributed by atoms with E-state index in [1.54, 1.807) is 19.1 Å². The minimum absolute atomic E-state index is 0. The molecule has 1 N–H and O–H groups in total. The van der Waals surface area contributed by atoms with Crippen LogP contribution < -0.4 is 17.0 Å². The molecule has 1 aliphatic heterocycles. The van der Waals surface area contributed by atoms with E-state index in [1.165, 1.54) is 0 Å². The monoisotopic (exact) mass is 469 g/mol. The summed E-state index contributed by atoms with van der Waals surface area (Å²) in [5.74, 6) is -0.909. The Labute approximate surface area is 183 Å². The van der Waals surface area contributed by atoms with Crippen molar-refractivity contribution < 1.29 is 45.6 Å². The molecule has 0 bridgehead atoms. The third-order valence-electron chi connectivity index (χ3n) is 6.20. The van der Waals surface area contributed by atoms with E-state index in [9.17, 15) is 14.7 Å². The number of likely N-dealkylation sites (N-methyl/N-ethyl adjacent to an activating group) is 1. The zero-order valence-corrected chi connectivity index (χ0v) is 18.9. The standard InChI is InChI=1S/C22H32NO5.BrH/c1-3-27-20(24)16-23(2)14-13-19(15-23)28-21(25)22(26,18-11-7-8-12-18)17-9-5-4-6-10-17;/h4-6,9-10,18-19,26H,3,7-8,11-16H2,1-2H3;1H/q+1;/p-1/t19-,22?,23?;/m1./s1. The second kappa shape index (κ2) is 10.0. The molecule has 1 aliphatic carbocycles. The molecule has 0 spiro atoms. The number of hydrogen-bond donors (Lipinski definition) is 1. The first-order chi connectivity index (χ1) is 13.4. The Morgan fingerprint density at radius 3 is 2.45 bits per heavy atom. The molecule has 1 aromatic carbocycles. The minimum Gasteiger partial charge on any atom is -1.00 e. The number of rotatable bonds is 7. The third kappa shape index (κ3) is 5.38. The summed E-state index contributed by atoms with van der Waals surface area (Å²) < 4.78 is 11.4. The molecule has 2 fully saturated rings. The number of carbonyl (C=O) groups is 2. The van der Waals surface area contributed by atoms with Crippen molar-refractivity contribution in [1.82, 2.24) is 0 Å². The van der Waals surface area contributed by atoms with Crippen LogP contribution in [0.3, 0.4) is 0 Å². The highest BCUT2D eigenvalue weighted by atomic mass is 79.9. The number of quaternary nitrogens is 1. The number of ether oxygens (including phenoxy) is 2. The molecule has 29 heavy (non-hydrogen) atoms. The van der Waals surface area contributed by atoms with Crippen molar-refractivity contribution in [2.45, 2.75) is 50.7 Å². The minimum atomic E-state index is -1.61. The number of halogens is 1. The van der Waals surface area contributed by atoms with Crippen LogP contribution in [0.4, 0.5) is 0 Å². The van der Waals surface area contributed by atoms with E-state index < -0.39 is 11.6 Å². The molecule has 1 heterocycles. The molecule has 2 unspecified atom stereocenters. The fourth-order valence-corrected chi connectivity index (χ4v) is 4.69. The predicted molar refractivity (Wildman–Crippen MR) is 104 cm³/mol. The van der Waals surface area contributed by atoms with Crippen molar-refractivity contribution in [3.8, 4) is 0 Å². The quantitative estimate of drug-likeness (QED) is 0.426. The molecule has 0 amide bonds. The lowest BCUT2D eigenvalue weighted by molar-refractivity contribution is -0.891. The average molecular weight is 470 g/mol. The highest BCUT2D eigenvalue weighted by Gasteiger charge is 2.50. The summed E-state index contributed by atoms with van der Waals surface area (Å²) in [6.45, 7) is 3.72. The Morgan fingerprint density at radius 2 is 1.83 bits per heavy atom. The summed E-state index contributed by atoms with van der Waals surface area (Å²) in [5.41, 5.74) is -1.00. The average Bonchev–Trinajstić information content (AvgIpc) is 3.32. The highest BCUT2D eigenvalue weighted by molar-refractivity contribution is 5.81. The molecule has 1 saturated heterocycles. The number of esters is 2. The lowest BCUT2D eigenvalue weighted by atomic mass is 9.80. The van der Waals surface area contributed by atoms with Crippen LogP contribution in [0, 0.1) is 5.92 Å². The molecule has 3 rings (SSSR count). The van der Waals surface area contributed by atoms with Crippen molar-refractivity contribution in [2.75, 3.05) is 33.3 Å². The predicted octanol–water partition coefficient (Wildman–Crippen LogP) is -0.606. The van der Waals surface area contributed by atoms with Crippen LogP contribution >= 0.6 is 0 Å². The van der Waals surface area contributed by atoms with Gasteiger partial charge in [-0.15, -0.1) is 0 Å². The molecule has 1 saturated carbocycles. The lowest BCUT2D eigenvalue weighted by Gasteiger charge is -2.33. The van der Waals surface area contributed by atoms with E-state index in [0.717, 1.165) is 32.2 Å². The van der Waals surface area contributed by atoms with Gasteiger partial charge in [-0.3, -0.25) is 0 Å². The van der Waals surface area contributed by atoms with Crippen molar-refractivity contribution in [3.63, 3.8) is 0 Å². The van der Waals surface area contributed by atoms with Crippen molar-refractivity contribution >= 4 is 11.9 Å². The van der Waals surface area contributed by atoms with E-state index in [1.807, 2.05) is 25.2 Å². The van der Waals surface area contributed by atoms with Crippen LogP contribution in [0.2, 0.25) is 0 Å². The van der Waals surface area contributed by atoms with Gasteiger partial charge < -0.3 is 36.0 Å². The first-order valence-electron chi connectivity index (χ1n) is 10.4. The Morgan fingerprint density at radius 1 is 1.17 bits per heavy atom. The van der Waals surface area contributed by atoms with Gasteiger partial charge in [0.25, 0.3) is 0 Å². The van der Waals surface area contributed by atoms with Gasteiger partial charge in [-0.05, 0) is 25.3 Å². The first-order valence-corrected chi connectivity index (χ1v) is 10.4. The highest BCUT2D eigenvalue weighted by Crippen LogP contribution is 2.42. The van der Waals surface area contributed by atoms with Crippen LogP contribution in [0.15, 0.2) is 30.3 Å². The molecule has 0 radical (unpaired) electrons. The number of carbonyl (C=O) groups excluding carboxylic acids is 2. The topological polar surface area (TPSA) is 72.8 Å². The molecule has 3 atom stereocenters. The maximum atomic E-state index is 13.2. The Hall–Kier alpha value is -1.44. The van der Waals surface area contributed by atoms with E-state index in [4.69, 9.17) is 9.47 Å². The largest absolute Gasteiger partial charge is 1.00 e. The van der Waals surface area contributed by atoms with Gasteiger partial charge >= 0.3 is 11.9 Å². The van der Waals surface area contributed by atoms with Crippen LogP contribution in [-0.4, -0.2) is 60.9 Å². The summed E-state index contributed by atoms with van der Waals surface area (Å²) in [7, 11) is 1.98. The first kappa shape index (κ1) is 23.8. The Kier molecular flexibility index (Phi) is 8.26. The van der Waals surface area contributed by atoms with Crippen LogP contribution in [0.5, 0.6) is 0 Å². The molecule has 7 heteroatoms. The van der Waals surface area contributed by atoms with Gasteiger partial charge in [0, 0.05) is 12.3 Å². The number of aliphatic hydroxyl groups is 1. The number of hydrogen-bond acceptors (Lipinski definition) is 5. The molecular formula is C22H32BrNO5.